The number of anilines is 2. The Balaban J connectivity index is 1.29. The number of rotatable bonds is 8. The van der Waals surface area contributed by atoms with Gasteiger partial charge in [-0.25, -0.2) is 0 Å². The van der Waals surface area contributed by atoms with Gasteiger partial charge >= 0.3 is 6.01 Å². The third-order valence-electron chi connectivity index (χ3n) is 6.28. The zero-order valence-corrected chi connectivity index (χ0v) is 19.3. The molecule has 2 aliphatic heterocycles. The van der Waals surface area contributed by atoms with Gasteiger partial charge in [-0.15, -0.1) is 0 Å². The number of aromatic hydroxyl groups is 1. The van der Waals surface area contributed by atoms with Gasteiger partial charge in [0.1, 0.15) is 18.2 Å². The van der Waals surface area contributed by atoms with E-state index in [9.17, 15) is 5.11 Å². The number of hydrogen-bond donors (Lipinski definition) is 3. The molecule has 10 nitrogen and oxygen atoms in total. The molecule has 3 N–H and O–H groups in total. The van der Waals surface area contributed by atoms with Crippen LogP contribution in [-0.2, 0) is 15.9 Å². The molecular formula is C24H32N6O4. The molecule has 0 atom stereocenters. The van der Waals surface area contributed by atoms with Crippen LogP contribution in [-0.4, -0.2) is 85.7 Å². The van der Waals surface area contributed by atoms with Crippen molar-refractivity contribution in [1.29, 1.82) is 0 Å². The van der Waals surface area contributed by atoms with E-state index < -0.39 is 0 Å². The number of aromatic nitrogens is 2. The van der Waals surface area contributed by atoms with Gasteiger partial charge in [0, 0.05) is 49.9 Å². The first kappa shape index (κ1) is 22.7. The fourth-order valence-electron chi connectivity index (χ4n) is 4.40. The highest BCUT2D eigenvalue weighted by molar-refractivity contribution is 5.71. The number of allylic oxidation sites excluding steroid dienone is 1. The first-order chi connectivity index (χ1) is 16.8. The van der Waals surface area contributed by atoms with Crippen LogP contribution in [0.3, 0.4) is 0 Å². The highest BCUT2D eigenvalue weighted by Gasteiger charge is 2.18. The maximum Gasteiger partial charge on any atom is 0.320 e. The molecule has 182 valence electrons. The van der Waals surface area contributed by atoms with Crippen molar-refractivity contribution in [2.45, 2.75) is 12.8 Å². The van der Waals surface area contributed by atoms with Gasteiger partial charge in [-0.2, -0.15) is 9.97 Å². The van der Waals surface area contributed by atoms with Crippen LogP contribution >= 0.6 is 0 Å². The van der Waals surface area contributed by atoms with E-state index >= 15 is 0 Å². The van der Waals surface area contributed by atoms with Crippen molar-refractivity contribution in [2.24, 2.45) is 0 Å². The van der Waals surface area contributed by atoms with Gasteiger partial charge < -0.3 is 24.2 Å². The standard InChI is InChI=1S/C24H32N6O4/c31-21-6-2-3-18-19(21)4-1-5-20(18)27-28-22-17-23(30-10-14-33-15-11-30)26-24(25-22)34-16-9-29-7-12-32-13-8-29/h2-3,5-6,17,27,31H,1,4,7-16H2,(H,25,26,28). The SMILES string of the molecule is Oc1cccc2c1CCC=C2NNc1cc(N2CCOCC2)nc(OCCN2CCOCC2)n1. The summed E-state index contributed by atoms with van der Waals surface area (Å²) in [6.07, 6.45) is 3.80. The Hall–Kier alpha value is -3.08. The van der Waals surface area contributed by atoms with Crippen molar-refractivity contribution in [3.63, 3.8) is 0 Å². The number of fused-ring (bicyclic) bond motifs is 1. The molecule has 0 saturated carbocycles. The Morgan fingerprint density at radius 3 is 2.62 bits per heavy atom. The van der Waals surface area contributed by atoms with Gasteiger partial charge in [0.15, 0.2) is 5.82 Å². The summed E-state index contributed by atoms with van der Waals surface area (Å²) in [5, 5.41) is 10.2. The summed E-state index contributed by atoms with van der Waals surface area (Å²) < 4.78 is 16.9. The van der Waals surface area contributed by atoms with E-state index in [-0.39, 0.29) is 0 Å². The van der Waals surface area contributed by atoms with Crippen molar-refractivity contribution < 1.29 is 19.3 Å². The maximum atomic E-state index is 10.2. The molecule has 3 aliphatic rings. The summed E-state index contributed by atoms with van der Waals surface area (Å²) in [6, 6.07) is 7.86. The molecule has 0 unspecified atom stereocenters. The molecule has 1 aromatic carbocycles. The van der Waals surface area contributed by atoms with Crippen LogP contribution < -0.4 is 20.5 Å². The van der Waals surface area contributed by atoms with Crippen molar-refractivity contribution in [3.05, 3.63) is 41.5 Å². The number of phenols is 1. The molecule has 5 rings (SSSR count). The topological polar surface area (TPSA) is 104 Å². The van der Waals surface area contributed by atoms with E-state index in [1.54, 1.807) is 6.07 Å². The quantitative estimate of drug-likeness (QED) is 0.495. The second kappa shape index (κ2) is 10.9. The molecule has 1 aromatic heterocycles. The Bertz CT molecular complexity index is 1000. The van der Waals surface area contributed by atoms with E-state index in [1.807, 2.05) is 18.2 Å². The molecule has 10 heteroatoms. The van der Waals surface area contributed by atoms with Crippen LogP contribution in [0.2, 0.25) is 0 Å². The smallest absolute Gasteiger partial charge is 0.320 e. The third-order valence-corrected chi connectivity index (χ3v) is 6.28. The molecule has 0 bridgehead atoms. The van der Waals surface area contributed by atoms with Crippen LogP contribution in [0.15, 0.2) is 30.3 Å². The molecular weight excluding hydrogens is 436 g/mol. The van der Waals surface area contributed by atoms with Gasteiger partial charge in [-0.05, 0) is 18.9 Å². The molecule has 2 saturated heterocycles. The Labute approximate surface area is 199 Å². The Kier molecular flexibility index (Phi) is 7.28. The summed E-state index contributed by atoms with van der Waals surface area (Å²) in [6.45, 7) is 7.57. The first-order valence-corrected chi connectivity index (χ1v) is 11.9. The first-order valence-electron chi connectivity index (χ1n) is 11.9. The van der Waals surface area contributed by atoms with Crippen LogP contribution in [0.5, 0.6) is 11.8 Å². The van der Waals surface area contributed by atoms with Crippen molar-refractivity contribution >= 4 is 17.3 Å². The van der Waals surface area contributed by atoms with E-state index in [4.69, 9.17) is 14.2 Å². The normalized spacial score (nSPS) is 18.7. The average molecular weight is 469 g/mol. The molecule has 0 radical (unpaired) electrons. The Morgan fingerprint density at radius 1 is 1.00 bits per heavy atom. The van der Waals surface area contributed by atoms with E-state index in [1.165, 1.54) is 0 Å². The van der Waals surface area contributed by atoms with Crippen molar-refractivity contribution in [3.8, 4) is 11.8 Å². The highest BCUT2D eigenvalue weighted by Crippen LogP contribution is 2.31. The largest absolute Gasteiger partial charge is 0.508 e. The number of benzene rings is 1. The second-order valence-electron chi connectivity index (χ2n) is 8.51. The van der Waals surface area contributed by atoms with Crippen LogP contribution in [0.25, 0.3) is 5.70 Å². The second-order valence-corrected chi connectivity index (χ2v) is 8.51. The van der Waals surface area contributed by atoms with E-state index in [2.05, 4.69) is 36.7 Å². The number of ether oxygens (including phenoxy) is 3. The Morgan fingerprint density at radius 2 is 1.79 bits per heavy atom. The number of nitrogens with zero attached hydrogens (tertiary/aromatic N) is 4. The van der Waals surface area contributed by atoms with Gasteiger partial charge in [-0.1, -0.05) is 18.2 Å². The lowest BCUT2D eigenvalue weighted by atomic mass is 9.94. The van der Waals surface area contributed by atoms with Gasteiger partial charge in [0.25, 0.3) is 0 Å². The predicted molar refractivity (Wildman–Crippen MR) is 129 cm³/mol. The zero-order valence-electron chi connectivity index (χ0n) is 19.3. The third kappa shape index (κ3) is 5.52. The van der Waals surface area contributed by atoms with Crippen molar-refractivity contribution in [2.75, 3.05) is 76.1 Å². The van der Waals surface area contributed by atoms with Crippen LogP contribution in [0.4, 0.5) is 11.6 Å². The molecule has 2 aromatic rings. The van der Waals surface area contributed by atoms with Gasteiger partial charge in [-0.3, -0.25) is 15.8 Å². The van der Waals surface area contributed by atoms with Gasteiger partial charge in [0.2, 0.25) is 0 Å². The summed E-state index contributed by atoms with van der Waals surface area (Å²) in [5.74, 6) is 1.75. The van der Waals surface area contributed by atoms with E-state index in [0.717, 1.165) is 81.4 Å². The minimum absolute atomic E-state index is 0.331. The minimum Gasteiger partial charge on any atom is -0.508 e. The number of hydrazine groups is 1. The van der Waals surface area contributed by atoms with Crippen LogP contribution in [0, 0.1) is 0 Å². The summed E-state index contributed by atoms with van der Waals surface area (Å²) in [7, 11) is 0. The summed E-state index contributed by atoms with van der Waals surface area (Å²) >= 11 is 0. The fourth-order valence-corrected chi connectivity index (χ4v) is 4.40. The van der Waals surface area contributed by atoms with Crippen molar-refractivity contribution in [1.82, 2.24) is 20.3 Å². The minimum atomic E-state index is 0.331. The monoisotopic (exact) mass is 468 g/mol. The van der Waals surface area contributed by atoms with Crippen LogP contribution in [0.1, 0.15) is 17.5 Å². The lowest BCUT2D eigenvalue weighted by Gasteiger charge is -2.28. The molecule has 1 aliphatic carbocycles. The van der Waals surface area contributed by atoms with E-state index in [0.29, 0.717) is 37.4 Å². The molecule has 34 heavy (non-hydrogen) atoms. The number of hydrogen-bond acceptors (Lipinski definition) is 10. The molecule has 3 heterocycles. The lowest BCUT2D eigenvalue weighted by Crippen LogP contribution is -2.39. The fraction of sp³-hybridized carbons (Fsp3) is 0.500. The summed E-state index contributed by atoms with van der Waals surface area (Å²) in [4.78, 5) is 13.7. The maximum absolute atomic E-state index is 10.2. The summed E-state index contributed by atoms with van der Waals surface area (Å²) in [5.41, 5.74) is 9.35. The average Bonchev–Trinajstić information content (AvgIpc) is 2.89. The van der Waals surface area contributed by atoms with Gasteiger partial charge in [0.05, 0.1) is 32.1 Å². The number of nitrogens with one attached hydrogen (secondary N) is 2. The lowest BCUT2D eigenvalue weighted by molar-refractivity contribution is 0.0317. The number of morpholine rings is 2. The molecule has 2 fully saturated rings. The zero-order chi connectivity index (χ0) is 23.2. The predicted octanol–water partition coefficient (Wildman–Crippen LogP) is 1.63. The number of phenolic OH excluding ortho intramolecular Hbond substituents is 1. The highest BCUT2D eigenvalue weighted by atomic mass is 16.5. The molecule has 0 amide bonds. The molecule has 0 spiro atoms.